The van der Waals surface area contributed by atoms with Gasteiger partial charge in [0.2, 0.25) is 0 Å². The first-order valence-electron chi connectivity index (χ1n) is 19.7. The van der Waals surface area contributed by atoms with Crippen LogP contribution in [0.4, 0.5) is 0 Å². The summed E-state index contributed by atoms with van der Waals surface area (Å²) in [5.41, 5.74) is -0.156. The molecule has 0 aromatic heterocycles. The van der Waals surface area contributed by atoms with E-state index >= 15 is 0 Å². The normalized spacial score (nSPS) is 12.6. The molecular formula is C40H83NO2. The van der Waals surface area contributed by atoms with Crippen LogP contribution in [0, 0.1) is 0 Å². The fourth-order valence-corrected chi connectivity index (χ4v) is 6.16. The van der Waals surface area contributed by atoms with Gasteiger partial charge in [-0.1, -0.05) is 155 Å². The standard InChI is InChI=1S/C40H83NO2/c1-8-10-12-14-16-18-20-22-24-26-28-30-35-41(36-31-29-27-25-23-21-19-17-15-13-11-9-2)37-32-33-40(5,6)43-38-34-39(3,4)42-7/h8-38H2,1-7H3. The van der Waals surface area contributed by atoms with Gasteiger partial charge in [-0.25, -0.2) is 0 Å². The van der Waals surface area contributed by atoms with Gasteiger partial charge in [0, 0.05) is 7.11 Å². The van der Waals surface area contributed by atoms with Crippen LogP contribution in [0.3, 0.4) is 0 Å². The quantitative estimate of drug-likeness (QED) is 0.0667. The van der Waals surface area contributed by atoms with Crippen LogP contribution in [-0.2, 0) is 9.47 Å². The second-order valence-electron chi connectivity index (χ2n) is 15.0. The van der Waals surface area contributed by atoms with E-state index in [1.54, 1.807) is 7.11 Å². The summed E-state index contributed by atoms with van der Waals surface area (Å²) in [7, 11) is 1.80. The van der Waals surface area contributed by atoms with E-state index in [9.17, 15) is 0 Å². The maximum absolute atomic E-state index is 6.31. The molecule has 0 aromatic carbocycles. The van der Waals surface area contributed by atoms with Crippen molar-refractivity contribution < 1.29 is 9.47 Å². The van der Waals surface area contributed by atoms with Crippen LogP contribution in [0.1, 0.15) is 215 Å². The summed E-state index contributed by atoms with van der Waals surface area (Å²) >= 11 is 0. The Balaban J connectivity index is 4.20. The number of methoxy groups -OCH3 is 1. The molecule has 260 valence electrons. The fourth-order valence-electron chi connectivity index (χ4n) is 6.16. The van der Waals surface area contributed by atoms with Crippen molar-refractivity contribution >= 4 is 0 Å². The van der Waals surface area contributed by atoms with Crippen molar-refractivity contribution in [3.63, 3.8) is 0 Å². The van der Waals surface area contributed by atoms with Gasteiger partial charge in [-0.2, -0.15) is 0 Å². The predicted octanol–water partition coefficient (Wildman–Crippen LogP) is 13.1. The van der Waals surface area contributed by atoms with Gasteiger partial charge in [0.05, 0.1) is 17.8 Å². The summed E-state index contributed by atoms with van der Waals surface area (Å²) in [6, 6.07) is 0. The van der Waals surface area contributed by atoms with Gasteiger partial charge in [-0.3, -0.25) is 0 Å². The van der Waals surface area contributed by atoms with Gasteiger partial charge in [-0.15, -0.1) is 0 Å². The third-order valence-corrected chi connectivity index (χ3v) is 9.66. The van der Waals surface area contributed by atoms with Crippen LogP contribution in [0.25, 0.3) is 0 Å². The number of rotatable bonds is 35. The van der Waals surface area contributed by atoms with Gasteiger partial charge in [0.1, 0.15) is 0 Å². The van der Waals surface area contributed by atoms with Crippen LogP contribution >= 0.6 is 0 Å². The van der Waals surface area contributed by atoms with Crippen molar-refractivity contribution in [2.45, 2.75) is 226 Å². The van der Waals surface area contributed by atoms with Gasteiger partial charge in [0.15, 0.2) is 0 Å². The Morgan fingerprint density at radius 3 is 1.07 bits per heavy atom. The molecule has 0 saturated heterocycles. The average molecular weight is 610 g/mol. The summed E-state index contributed by atoms with van der Waals surface area (Å²) in [4.78, 5) is 2.79. The van der Waals surface area contributed by atoms with E-state index in [1.807, 2.05) is 0 Å². The largest absolute Gasteiger partial charge is 0.379 e. The molecule has 0 bridgehead atoms. The smallest absolute Gasteiger partial charge is 0.0644 e. The molecule has 0 aliphatic rings. The van der Waals surface area contributed by atoms with Crippen LogP contribution in [-0.4, -0.2) is 49.5 Å². The van der Waals surface area contributed by atoms with Crippen LogP contribution < -0.4 is 0 Å². The molecule has 0 spiro atoms. The van der Waals surface area contributed by atoms with E-state index < -0.39 is 0 Å². The third-order valence-electron chi connectivity index (χ3n) is 9.66. The molecule has 0 amide bonds. The highest BCUT2D eigenvalue weighted by Crippen LogP contribution is 2.21. The van der Waals surface area contributed by atoms with E-state index in [0.717, 1.165) is 19.4 Å². The average Bonchev–Trinajstić information content (AvgIpc) is 2.97. The molecule has 0 aliphatic carbocycles. The summed E-state index contributed by atoms with van der Waals surface area (Å²) < 4.78 is 11.9. The lowest BCUT2D eigenvalue weighted by Crippen LogP contribution is -2.32. The third kappa shape index (κ3) is 31.6. The van der Waals surface area contributed by atoms with E-state index in [1.165, 1.54) is 180 Å². The number of unbranched alkanes of at least 4 members (excludes halogenated alkanes) is 22. The summed E-state index contributed by atoms with van der Waals surface area (Å²) in [6.07, 6.45) is 37.7. The van der Waals surface area contributed by atoms with Gasteiger partial charge in [0.25, 0.3) is 0 Å². The minimum atomic E-state index is -0.102. The molecule has 0 radical (unpaired) electrons. The van der Waals surface area contributed by atoms with E-state index in [0.29, 0.717) is 0 Å². The van der Waals surface area contributed by atoms with Gasteiger partial charge in [-0.05, 0) is 79.4 Å². The Morgan fingerprint density at radius 1 is 0.395 bits per heavy atom. The highest BCUT2D eigenvalue weighted by molar-refractivity contribution is 4.73. The Kier molecular flexibility index (Phi) is 30.4. The molecule has 0 aliphatic heterocycles. The lowest BCUT2D eigenvalue weighted by Gasteiger charge is -2.30. The number of hydrogen-bond acceptors (Lipinski definition) is 3. The molecule has 0 rings (SSSR count). The highest BCUT2D eigenvalue weighted by atomic mass is 16.5. The minimum absolute atomic E-state index is 0.0541. The zero-order chi connectivity index (χ0) is 31.9. The molecule has 0 unspecified atom stereocenters. The molecule has 0 saturated carbocycles. The predicted molar refractivity (Wildman–Crippen MR) is 194 cm³/mol. The maximum Gasteiger partial charge on any atom is 0.0644 e. The molecule has 0 fully saturated rings. The van der Waals surface area contributed by atoms with Gasteiger partial charge >= 0.3 is 0 Å². The van der Waals surface area contributed by atoms with E-state index in [4.69, 9.17) is 9.47 Å². The molecule has 0 aromatic rings. The molecule has 0 heterocycles. The summed E-state index contributed by atoms with van der Waals surface area (Å²) in [5, 5.41) is 0. The zero-order valence-electron chi connectivity index (χ0n) is 31.2. The Hall–Kier alpha value is -0.120. The van der Waals surface area contributed by atoms with Crippen molar-refractivity contribution in [2.75, 3.05) is 33.4 Å². The van der Waals surface area contributed by atoms with Crippen LogP contribution in [0.15, 0.2) is 0 Å². The van der Waals surface area contributed by atoms with Crippen molar-refractivity contribution in [1.82, 2.24) is 4.90 Å². The molecule has 0 atom stereocenters. The summed E-state index contributed by atoms with van der Waals surface area (Å²) in [5.74, 6) is 0. The molecular weight excluding hydrogens is 526 g/mol. The van der Waals surface area contributed by atoms with E-state index in [2.05, 4.69) is 46.4 Å². The zero-order valence-corrected chi connectivity index (χ0v) is 31.2. The van der Waals surface area contributed by atoms with Crippen molar-refractivity contribution in [2.24, 2.45) is 0 Å². The number of nitrogens with zero attached hydrogens (tertiary/aromatic N) is 1. The second kappa shape index (κ2) is 30.5. The minimum Gasteiger partial charge on any atom is -0.379 e. The molecule has 43 heavy (non-hydrogen) atoms. The number of hydrogen-bond donors (Lipinski definition) is 0. The fraction of sp³-hybridized carbons (Fsp3) is 1.00. The maximum atomic E-state index is 6.31. The first kappa shape index (κ1) is 42.9. The molecule has 3 nitrogen and oxygen atoms in total. The number of ether oxygens (including phenoxy) is 2. The highest BCUT2D eigenvalue weighted by Gasteiger charge is 2.22. The Morgan fingerprint density at radius 2 is 0.721 bits per heavy atom. The summed E-state index contributed by atoms with van der Waals surface area (Å²) in [6.45, 7) is 18.0. The first-order valence-corrected chi connectivity index (χ1v) is 19.7. The van der Waals surface area contributed by atoms with Crippen LogP contribution in [0.5, 0.6) is 0 Å². The SMILES string of the molecule is CCCCCCCCCCCCCCN(CCCCCCCCCCCCCC)CCCC(C)(C)OCCC(C)(C)OC. The Bertz CT molecular complexity index is 519. The van der Waals surface area contributed by atoms with Crippen molar-refractivity contribution in [3.05, 3.63) is 0 Å². The molecule has 3 heteroatoms. The second-order valence-corrected chi connectivity index (χ2v) is 15.0. The van der Waals surface area contributed by atoms with Crippen molar-refractivity contribution in [1.29, 1.82) is 0 Å². The monoisotopic (exact) mass is 610 g/mol. The lowest BCUT2D eigenvalue weighted by atomic mass is 10.0. The molecule has 0 N–H and O–H groups in total. The van der Waals surface area contributed by atoms with Gasteiger partial charge < -0.3 is 14.4 Å². The topological polar surface area (TPSA) is 21.7 Å². The Labute approximate surface area is 273 Å². The first-order chi connectivity index (χ1) is 20.8. The van der Waals surface area contributed by atoms with Crippen molar-refractivity contribution in [3.8, 4) is 0 Å². The van der Waals surface area contributed by atoms with E-state index in [-0.39, 0.29) is 11.2 Å². The lowest BCUT2D eigenvalue weighted by molar-refractivity contribution is -0.0623. The van der Waals surface area contributed by atoms with Crippen LogP contribution in [0.2, 0.25) is 0 Å².